The second-order valence-electron chi connectivity index (χ2n) is 4.66. The topological polar surface area (TPSA) is 77.2 Å². The molecule has 1 N–H and O–H groups in total. The molecule has 0 spiro atoms. The minimum Gasteiger partial charge on any atom is -0.480 e. The summed E-state index contributed by atoms with van der Waals surface area (Å²) in [5.74, 6) is -0.446. The molecule has 5 nitrogen and oxygen atoms in total. The molecule has 2 heterocycles. The molecule has 18 heavy (non-hydrogen) atoms. The first kappa shape index (κ1) is 12.4. The first-order chi connectivity index (χ1) is 8.63. The quantitative estimate of drug-likeness (QED) is 0.857. The highest BCUT2D eigenvalue weighted by molar-refractivity contribution is 5.79. The van der Waals surface area contributed by atoms with Crippen LogP contribution in [-0.2, 0) is 4.79 Å². The maximum Gasteiger partial charge on any atom is 0.326 e. The van der Waals surface area contributed by atoms with Crippen molar-refractivity contribution < 1.29 is 9.90 Å². The molecular formula is C13H15N3O2. The number of nitriles is 1. The Morgan fingerprint density at radius 3 is 3.11 bits per heavy atom. The van der Waals surface area contributed by atoms with Crippen LogP contribution in [0.25, 0.3) is 0 Å². The second-order valence-corrected chi connectivity index (χ2v) is 4.66. The summed E-state index contributed by atoms with van der Waals surface area (Å²) >= 11 is 0. The summed E-state index contributed by atoms with van der Waals surface area (Å²) in [7, 11) is 0. The molecule has 1 aliphatic rings. The number of aliphatic carboxylic acids is 1. The van der Waals surface area contributed by atoms with Crippen LogP contribution in [-0.4, -0.2) is 28.6 Å². The number of hydrogen-bond donors (Lipinski definition) is 1. The highest BCUT2D eigenvalue weighted by Gasteiger charge is 2.33. The van der Waals surface area contributed by atoms with Crippen LogP contribution in [0.4, 0.5) is 5.69 Å². The van der Waals surface area contributed by atoms with Crippen LogP contribution in [0.15, 0.2) is 18.3 Å². The molecule has 1 saturated heterocycles. The maximum atomic E-state index is 11.3. The predicted octanol–water partition coefficient (Wildman–Crippen LogP) is 1.64. The number of piperidine rings is 1. The maximum absolute atomic E-state index is 11.3. The van der Waals surface area contributed by atoms with Crippen molar-refractivity contribution in [2.45, 2.75) is 25.8 Å². The minimum absolute atomic E-state index is 0.290. The van der Waals surface area contributed by atoms with E-state index in [0.717, 1.165) is 6.42 Å². The third kappa shape index (κ3) is 2.28. The van der Waals surface area contributed by atoms with Crippen LogP contribution >= 0.6 is 0 Å². The van der Waals surface area contributed by atoms with Crippen LogP contribution in [0.3, 0.4) is 0 Å². The monoisotopic (exact) mass is 245 g/mol. The van der Waals surface area contributed by atoms with Crippen molar-refractivity contribution in [3.8, 4) is 6.07 Å². The molecule has 1 fully saturated rings. The largest absolute Gasteiger partial charge is 0.480 e. The fourth-order valence-electron chi connectivity index (χ4n) is 2.38. The molecule has 2 atom stereocenters. The summed E-state index contributed by atoms with van der Waals surface area (Å²) in [5.41, 5.74) is 0.914. The SMILES string of the molecule is CC1CCN(c2cccnc2C#N)C(C(=O)O)C1. The van der Waals surface area contributed by atoms with Gasteiger partial charge in [-0.05, 0) is 30.9 Å². The Hall–Kier alpha value is -2.09. The number of carbonyl (C=O) groups is 1. The molecule has 2 unspecified atom stereocenters. The lowest BCUT2D eigenvalue weighted by molar-refractivity contribution is -0.139. The molecule has 0 aromatic carbocycles. The van der Waals surface area contributed by atoms with E-state index in [9.17, 15) is 9.90 Å². The molecule has 0 bridgehead atoms. The Kier molecular flexibility index (Phi) is 3.47. The zero-order chi connectivity index (χ0) is 13.1. The molecule has 0 aliphatic carbocycles. The molecule has 5 heteroatoms. The number of aromatic nitrogens is 1. The lowest BCUT2D eigenvalue weighted by atomic mass is 9.92. The average molecular weight is 245 g/mol. The summed E-state index contributed by atoms with van der Waals surface area (Å²) in [6.45, 7) is 2.71. The number of anilines is 1. The Labute approximate surface area is 106 Å². The molecule has 2 rings (SSSR count). The fraction of sp³-hybridized carbons (Fsp3) is 0.462. The van der Waals surface area contributed by atoms with E-state index in [4.69, 9.17) is 5.26 Å². The van der Waals surface area contributed by atoms with E-state index in [-0.39, 0.29) is 0 Å². The molecule has 0 radical (unpaired) electrons. The molecule has 1 aromatic heterocycles. The van der Waals surface area contributed by atoms with E-state index in [1.165, 1.54) is 0 Å². The number of rotatable bonds is 2. The molecule has 94 valence electrons. The Balaban J connectivity index is 2.36. The van der Waals surface area contributed by atoms with Crippen molar-refractivity contribution in [1.82, 2.24) is 4.98 Å². The molecule has 0 amide bonds. The smallest absolute Gasteiger partial charge is 0.326 e. The second kappa shape index (κ2) is 5.05. The summed E-state index contributed by atoms with van der Waals surface area (Å²) in [5, 5.41) is 18.3. The Bertz CT molecular complexity index is 495. The predicted molar refractivity (Wildman–Crippen MR) is 66.1 cm³/mol. The van der Waals surface area contributed by atoms with E-state index in [2.05, 4.69) is 11.9 Å². The summed E-state index contributed by atoms with van der Waals surface area (Å²) in [4.78, 5) is 17.1. The van der Waals surface area contributed by atoms with E-state index in [0.29, 0.717) is 30.3 Å². The third-order valence-corrected chi connectivity index (χ3v) is 3.35. The number of carboxylic acid groups (broad SMARTS) is 1. The normalized spacial score (nSPS) is 23.4. The number of hydrogen-bond acceptors (Lipinski definition) is 4. The molecule has 1 aromatic rings. The van der Waals surface area contributed by atoms with Crippen molar-refractivity contribution in [2.75, 3.05) is 11.4 Å². The van der Waals surface area contributed by atoms with Gasteiger partial charge in [0.15, 0.2) is 5.69 Å². The summed E-state index contributed by atoms with van der Waals surface area (Å²) < 4.78 is 0. The van der Waals surface area contributed by atoms with Gasteiger partial charge in [-0.2, -0.15) is 5.26 Å². The van der Waals surface area contributed by atoms with Crippen molar-refractivity contribution in [3.63, 3.8) is 0 Å². The first-order valence-electron chi connectivity index (χ1n) is 5.98. The highest BCUT2D eigenvalue weighted by Crippen LogP contribution is 2.29. The van der Waals surface area contributed by atoms with Gasteiger partial charge < -0.3 is 10.0 Å². The lowest BCUT2D eigenvalue weighted by Gasteiger charge is -2.37. The third-order valence-electron chi connectivity index (χ3n) is 3.35. The zero-order valence-electron chi connectivity index (χ0n) is 10.2. The van der Waals surface area contributed by atoms with Crippen molar-refractivity contribution >= 4 is 11.7 Å². The number of nitrogens with zero attached hydrogens (tertiary/aromatic N) is 3. The van der Waals surface area contributed by atoms with Crippen LogP contribution in [0.2, 0.25) is 0 Å². The molecule has 1 aliphatic heterocycles. The van der Waals surface area contributed by atoms with Gasteiger partial charge in [-0.3, -0.25) is 0 Å². The summed E-state index contributed by atoms with van der Waals surface area (Å²) in [6.07, 6.45) is 3.09. The van der Waals surface area contributed by atoms with Gasteiger partial charge in [0.05, 0.1) is 5.69 Å². The lowest BCUT2D eigenvalue weighted by Crippen LogP contribution is -2.47. The van der Waals surface area contributed by atoms with Crippen LogP contribution < -0.4 is 4.90 Å². The van der Waals surface area contributed by atoms with Gasteiger partial charge in [-0.25, -0.2) is 9.78 Å². The van der Waals surface area contributed by atoms with Crippen molar-refractivity contribution in [2.24, 2.45) is 5.92 Å². The number of carboxylic acids is 1. The van der Waals surface area contributed by atoms with Crippen LogP contribution in [0.1, 0.15) is 25.5 Å². The standard InChI is InChI=1S/C13H15N3O2/c1-9-4-6-16(12(7-9)13(17)18)11-3-2-5-15-10(11)8-14/h2-3,5,9,12H,4,6-7H2,1H3,(H,17,18). The van der Waals surface area contributed by atoms with Gasteiger partial charge in [0.25, 0.3) is 0 Å². The van der Waals surface area contributed by atoms with Gasteiger partial charge in [-0.15, -0.1) is 0 Å². The van der Waals surface area contributed by atoms with Gasteiger partial charge in [0.1, 0.15) is 12.1 Å². The van der Waals surface area contributed by atoms with Crippen molar-refractivity contribution in [3.05, 3.63) is 24.0 Å². The van der Waals surface area contributed by atoms with E-state index in [1.54, 1.807) is 23.2 Å². The van der Waals surface area contributed by atoms with Gasteiger partial charge in [0, 0.05) is 12.7 Å². The van der Waals surface area contributed by atoms with Crippen LogP contribution in [0.5, 0.6) is 0 Å². The zero-order valence-corrected chi connectivity index (χ0v) is 10.2. The average Bonchev–Trinajstić information content (AvgIpc) is 2.38. The fourth-order valence-corrected chi connectivity index (χ4v) is 2.38. The van der Waals surface area contributed by atoms with Gasteiger partial charge in [0.2, 0.25) is 0 Å². The molecule has 0 saturated carbocycles. The van der Waals surface area contributed by atoms with E-state index < -0.39 is 12.0 Å². The number of pyridine rings is 1. The van der Waals surface area contributed by atoms with Gasteiger partial charge in [-0.1, -0.05) is 6.92 Å². The highest BCUT2D eigenvalue weighted by atomic mass is 16.4. The Morgan fingerprint density at radius 2 is 2.44 bits per heavy atom. The van der Waals surface area contributed by atoms with Crippen LogP contribution in [0, 0.1) is 17.2 Å². The Morgan fingerprint density at radius 1 is 1.67 bits per heavy atom. The van der Waals surface area contributed by atoms with E-state index >= 15 is 0 Å². The minimum atomic E-state index is -0.839. The van der Waals surface area contributed by atoms with E-state index in [1.807, 2.05) is 6.07 Å². The summed E-state index contributed by atoms with van der Waals surface area (Å²) in [6, 6.07) is 4.94. The molecular weight excluding hydrogens is 230 g/mol. The first-order valence-corrected chi connectivity index (χ1v) is 5.98. The van der Waals surface area contributed by atoms with Gasteiger partial charge >= 0.3 is 5.97 Å². The van der Waals surface area contributed by atoms with Crippen molar-refractivity contribution in [1.29, 1.82) is 5.26 Å².